The fourth-order valence-corrected chi connectivity index (χ4v) is 6.54. The van der Waals surface area contributed by atoms with Crippen molar-refractivity contribution in [3.05, 3.63) is 72.8 Å². The number of hydrogen-bond acceptors (Lipinski definition) is 7. The average Bonchev–Trinajstić information content (AvgIpc) is 3.23. The van der Waals surface area contributed by atoms with Crippen molar-refractivity contribution in [1.29, 1.82) is 0 Å². The number of hydrogen-bond donors (Lipinski definition) is 0. The quantitative estimate of drug-likeness (QED) is 0.227. The number of likely N-dealkylation sites (tertiary alicyclic amines) is 1. The molecule has 0 atom stereocenters. The molecule has 2 aliphatic heterocycles. The van der Waals surface area contributed by atoms with Crippen LogP contribution in [-0.4, -0.2) is 41.0 Å². The Balaban J connectivity index is 1.34. The molecule has 2 aliphatic rings. The standard InChI is InChI=1S/C24H21ClF4N4O3S/c25-17-3-1-2-14(19(17)26)12-31-7-4-23(13-31)5-8-32(9-6-23)22-30-21(34)16-10-15(24(27,28)29)11-18(33(35)36)20(16)37-22/h1-3,10-11H,4-9,12-13H2. The van der Waals surface area contributed by atoms with E-state index in [0.717, 1.165) is 43.7 Å². The van der Waals surface area contributed by atoms with Crippen molar-refractivity contribution in [2.45, 2.75) is 32.0 Å². The van der Waals surface area contributed by atoms with Crippen LogP contribution in [0.3, 0.4) is 0 Å². The summed E-state index contributed by atoms with van der Waals surface area (Å²) >= 11 is 6.76. The van der Waals surface area contributed by atoms with Gasteiger partial charge in [0.15, 0.2) is 5.13 Å². The summed E-state index contributed by atoms with van der Waals surface area (Å²) in [5, 5.41) is 11.5. The Morgan fingerprint density at radius 3 is 2.54 bits per heavy atom. The molecule has 0 aliphatic carbocycles. The number of fused-ring (bicyclic) bond motifs is 1. The molecule has 5 rings (SSSR count). The lowest BCUT2D eigenvalue weighted by atomic mass is 9.78. The molecule has 0 unspecified atom stereocenters. The van der Waals surface area contributed by atoms with Gasteiger partial charge in [0, 0.05) is 37.8 Å². The maximum atomic E-state index is 14.3. The molecule has 0 bridgehead atoms. The van der Waals surface area contributed by atoms with Crippen LogP contribution in [0.2, 0.25) is 5.02 Å². The van der Waals surface area contributed by atoms with Gasteiger partial charge in [-0.3, -0.25) is 19.8 Å². The third-order valence-corrected chi connectivity index (χ3v) is 8.71. The van der Waals surface area contributed by atoms with Crippen LogP contribution in [0.5, 0.6) is 0 Å². The van der Waals surface area contributed by atoms with E-state index in [9.17, 15) is 32.5 Å². The van der Waals surface area contributed by atoms with Gasteiger partial charge in [-0.05, 0) is 43.4 Å². The highest BCUT2D eigenvalue weighted by Gasteiger charge is 2.41. The molecule has 13 heteroatoms. The number of aromatic nitrogens is 1. The second-order valence-corrected chi connectivity index (χ2v) is 11.0. The maximum absolute atomic E-state index is 14.3. The van der Waals surface area contributed by atoms with Crippen molar-refractivity contribution in [1.82, 2.24) is 9.88 Å². The van der Waals surface area contributed by atoms with Crippen LogP contribution in [0, 0.1) is 21.3 Å². The molecule has 7 nitrogen and oxygen atoms in total. The van der Waals surface area contributed by atoms with Crippen molar-refractivity contribution in [2.24, 2.45) is 5.41 Å². The zero-order chi connectivity index (χ0) is 26.5. The van der Waals surface area contributed by atoms with Gasteiger partial charge < -0.3 is 4.90 Å². The van der Waals surface area contributed by atoms with E-state index in [1.54, 1.807) is 12.1 Å². The third-order valence-electron chi connectivity index (χ3n) is 7.25. The molecule has 2 saturated heterocycles. The van der Waals surface area contributed by atoms with Crippen molar-refractivity contribution in [3.8, 4) is 0 Å². The molecule has 0 radical (unpaired) electrons. The molecule has 1 spiro atoms. The van der Waals surface area contributed by atoms with E-state index >= 15 is 0 Å². The summed E-state index contributed by atoms with van der Waals surface area (Å²) < 4.78 is 53.9. The predicted molar refractivity (Wildman–Crippen MR) is 133 cm³/mol. The molecule has 196 valence electrons. The van der Waals surface area contributed by atoms with Crippen molar-refractivity contribution in [3.63, 3.8) is 0 Å². The number of nitrogens with zero attached hydrogens (tertiary/aromatic N) is 4. The topological polar surface area (TPSA) is 79.6 Å². The normalized spacial score (nSPS) is 18.1. The number of benzene rings is 2. The number of piperidine rings is 1. The largest absolute Gasteiger partial charge is 0.416 e. The minimum absolute atomic E-state index is 0.0148. The number of alkyl halides is 3. The molecule has 0 amide bonds. The first-order valence-corrected chi connectivity index (χ1v) is 12.8. The van der Waals surface area contributed by atoms with Gasteiger partial charge in [-0.1, -0.05) is 35.1 Å². The lowest BCUT2D eigenvalue weighted by molar-refractivity contribution is -0.383. The Hall–Kier alpha value is -2.83. The van der Waals surface area contributed by atoms with Crippen LogP contribution < -0.4 is 10.5 Å². The highest BCUT2D eigenvalue weighted by atomic mass is 35.5. The van der Waals surface area contributed by atoms with Gasteiger partial charge in [0.2, 0.25) is 0 Å². The molecule has 2 fully saturated rings. The SMILES string of the molecule is O=c1nc(N2CCC3(CCN(Cc4cccc(Cl)c4F)C3)CC2)sc2c([N+](=O)[O-])cc(C(F)(F)F)cc12. The van der Waals surface area contributed by atoms with Gasteiger partial charge in [-0.2, -0.15) is 18.2 Å². The van der Waals surface area contributed by atoms with Crippen LogP contribution in [0.4, 0.5) is 28.4 Å². The molecule has 0 saturated carbocycles. The second kappa shape index (κ2) is 9.48. The van der Waals surface area contributed by atoms with Crippen LogP contribution in [0.1, 0.15) is 30.4 Å². The second-order valence-electron chi connectivity index (χ2n) is 9.59. The number of halogens is 5. The van der Waals surface area contributed by atoms with Crippen LogP contribution in [-0.2, 0) is 12.7 Å². The number of non-ortho nitro benzene ring substituents is 1. The summed E-state index contributed by atoms with van der Waals surface area (Å²) in [5.74, 6) is -0.409. The van der Waals surface area contributed by atoms with E-state index in [1.165, 1.54) is 6.07 Å². The molecular formula is C24H21ClF4N4O3S. The minimum Gasteiger partial charge on any atom is -0.348 e. The van der Waals surface area contributed by atoms with Crippen molar-refractivity contribution < 1.29 is 22.5 Å². The maximum Gasteiger partial charge on any atom is 0.416 e. The molecule has 0 N–H and O–H groups in total. The average molecular weight is 557 g/mol. The fraction of sp³-hybridized carbons (Fsp3) is 0.417. The summed E-state index contributed by atoms with van der Waals surface area (Å²) in [5.41, 5.74) is -2.38. The van der Waals surface area contributed by atoms with Crippen molar-refractivity contribution >= 4 is 43.8 Å². The third kappa shape index (κ3) is 5.01. The first-order chi connectivity index (χ1) is 17.5. The van der Waals surface area contributed by atoms with E-state index in [1.807, 2.05) is 4.90 Å². The monoisotopic (exact) mass is 556 g/mol. The molecule has 37 heavy (non-hydrogen) atoms. The number of nitro benzene ring substituents is 1. The Morgan fingerprint density at radius 2 is 1.86 bits per heavy atom. The van der Waals surface area contributed by atoms with Gasteiger partial charge in [0.05, 0.1) is 20.9 Å². The minimum atomic E-state index is -4.83. The molecule has 3 aromatic rings. The number of rotatable bonds is 4. The molecule has 1 aromatic heterocycles. The van der Waals surface area contributed by atoms with Gasteiger partial charge in [0.25, 0.3) is 11.2 Å². The smallest absolute Gasteiger partial charge is 0.348 e. The summed E-state index contributed by atoms with van der Waals surface area (Å²) in [4.78, 5) is 31.3. The zero-order valence-corrected chi connectivity index (χ0v) is 20.9. The van der Waals surface area contributed by atoms with E-state index in [4.69, 9.17) is 11.6 Å². The predicted octanol–water partition coefficient (Wildman–Crippen LogP) is 5.87. The van der Waals surface area contributed by atoms with Crippen LogP contribution in [0.15, 0.2) is 35.1 Å². The molecular weight excluding hydrogens is 536 g/mol. The highest BCUT2D eigenvalue weighted by Crippen LogP contribution is 2.43. The van der Waals surface area contributed by atoms with Gasteiger partial charge in [-0.15, -0.1) is 0 Å². The van der Waals surface area contributed by atoms with E-state index in [0.29, 0.717) is 37.3 Å². The Labute approximate surface area is 217 Å². The Morgan fingerprint density at radius 1 is 1.16 bits per heavy atom. The van der Waals surface area contributed by atoms with Crippen molar-refractivity contribution in [2.75, 3.05) is 31.1 Å². The fourth-order valence-electron chi connectivity index (χ4n) is 5.23. The zero-order valence-electron chi connectivity index (χ0n) is 19.4. The highest BCUT2D eigenvalue weighted by molar-refractivity contribution is 7.22. The van der Waals surface area contributed by atoms with Crippen LogP contribution in [0.25, 0.3) is 10.1 Å². The van der Waals surface area contributed by atoms with Gasteiger partial charge in [-0.25, -0.2) is 4.39 Å². The van der Waals surface area contributed by atoms with E-state index in [2.05, 4.69) is 9.88 Å². The summed E-state index contributed by atoms with van der Waals surface area (Å²) in [6, 6.07) is 6.04. The summed E-state index contributed by atoms with van der Waals surface area (Å²) in [6.07, 6.45) is -2.35. The first-order valence-electron chi connectivity index (χ1n) is 11.6. The summed E-state index contributed by atoms with van der Waals surface area (Å²) in [6.45, 7) is 3.13. The number of anilines is 1. The summed E-state index contributed by atoms with van der Waals surface area (Å²) in [7, 11) is 0. The van der Waals surface area contributed by atoms with E-state index < -0.39 is 39.1 Å². The Bertz CT molecular complexity index is 1440. The first kappa shape index (κ1) is 25.8. The lowest BCUT2D eigenvalue weighted by Crippen LogP contribution is -2.42. The molecule has 2 aromatic carbocycles. The van der Waals surface area contributed by atoms with Gasteiger partial charge >= 0.3 is 6.18 Å². The van der Waals surface area contributed by atoms with Crippen LogP contribution >= 0.6 is 22.9 Å². The van der Waals surface area contributed by atoms with Gasteiger partial charge in [0.1, 0.15) is 10.5 Å². The Kier molecular flexibility index (Phi) is 6.61. The lowest BCUT2D eigenvalue weighted by Gasteiger charge is -2.39. The number of nitro groups is 1. The molecule has 3 heterocycles. The van der Waals surface area contributed by atoms with E-state index in [-0.39, 0.29) is 20.3 Å².